The molecule has 229 valence electrons. The van der Waals surface area contributed by atoms with E-state index in [4.69, 9.17) is 0 Å². The van der Waals surface area contributed by atoms with Crippen LogP contribution in [0.2, 0.25) is 0 Å². The summed E-state index contributed by atoms with van der Waals surface area (Å²) in [7, 11) is 0. The number of hydrogen-bond acceptors (Lipinski definition) is 2. The molecule has 10 heteroatoms. The number of nitrogens with zero attached hydrogens (tertiary/aromatic N) is 2. The number of aromatic nitrogens is 2. The van der Waals surface area contributed by atoms with Crippen LogP contribution in [-0.2, 0) is 25.5 Å². The summed E-state index contributed by atoms with van der Waals surface area (Å²) in [5.41, 5.74) is -3.51. The number of alkyl halides is 6. The molecule has 6 aromatic rings. The fourth-order valence-corrected chi connectivity index (χ4v) is 5.44. The van der Waals surface area contributed by atoms with Gasteiger partial charge in [-0.25, -0.2) is 0 Å². The fourth-order valence-electron chi connectivity index (χ4n) is 5.44. The minimum Gasteiger partial charge on any atom is -0.305 e. The van der Waals surface area contributed by atoms with E-state index in [1.165, 1.54) is 36.4 Å². The smallest absolute Gasteiger partial charge is 0.305 e. The van der Waals surface area contributed by atoms with Crippen LogP contribution in [-0.4, -0.2) is 22.3 Å². The van der Waals surface area contributed by atoms with Crippen LogP contribution in [0.25, 0.3) is 44.5 Å². The summed E-state index contributed by atoms with van der Waals surface area (Å²) in [5.74, 6) is -0.278. The summed E-state index contributed by atoms with van der Waals surface area (Å²) in [6.45, 7) is 0. The van der Waals surface area contributed by atoms with Gasteiger partial charge < -0.3 is 4.98 Å². The van der Waals surface area contributed by atoms with Crippen LogP contribution in [0.1, 0.15) is 11.1 Å². The molecule has 0 aliphatic heterocycles. The van der Waals surface area contributed by atoms with Crippen molar-refractivity contribution in [2.45, 2.75) is 17.8 Å². The zero-order valence-electron chi connectivity index (χ0n) is 22.8. The van der Waals surface area contributed by atoms with Crippen LogP contribution < -0.4 is 0 Å². The normalized spacial score (nSPS) is 13.2. The van der Waals surface area contributed by atoms with Crippen LogP contribution in [0.3, 0.4) is 0 Å². The van der Waals surface area contributed by atoms with Gasteiger partial charge in [0.15, 0.2) is 5.41 Å². The molecule has 2 nitrogen and oxygen atoms in total. The molecule has 0 saturated heterocycles. The third kappa shape index (κ3) is 5.64. The molecule has 0 saturated carbocycles. The van der Waals surface area contributed by atoms with Crippen molar-refractivity contribution < 1.29 is 50.8 Å². The molecule has 0 amide bonds. The Hall–Kier alpha value is -4.40. The second-order valence-corrected chi connectivity index (χ2v) is 9.99. The number of benzene rings is 4. The maximum atomic E-state index is 14.3. The topological polar surface area (TPSA) is 25.8 Å². The monoisotopic (exact) mass is 793 g/mol. The molecule has 0 bridgehead atoms. The predicted octanol–water partition coefficient (Wildman–Crippen LogP) is 9.78. The molecule has 1 aliphatic rings. The molecule has 2 aromatic heterocycles. The number of rotatable bonds is 2. The molecule has 2 heterocycles. The predicted molar refractivity (Wildman–Crippen MR) is 153 cm³/mol. The van der Waals surface area contributed by atoms with E-state index in [9.17, 15) is 30.7 Å². The summed E-state index contributed by atoms with van der Waals surface area (Å²) < 4.78 is 98.1. The van der Waals surface area contributed by atoms with Crippen molar-refractivity contribution in [1.82, 2.24) is 9.97 Å². The van der Waals surface area contributed by atoms with E-state index in [-0.39, 0.29) is 48.3 Å². The van der Waals surface area contributed by atoms with Crippen LogP contribution in [0, 0.1) is 17.9 Å². The summed E-state index contributed by atoms with van der Waals surface area (Å²) in [6, 6.07) is 32.9. The molecule has 45 heavy (non-hydrogen) atoms. The summed E-state index contributed by atoms with van der Waals surface area (Å²) in [6.07, 6.45) is -9.49. The van der Waals surface area contributed by atoms with Gasteiger partial charge in [0.05, 0.1) is 5.52 Å². The number of hydrogen-bond donors (Lipinski definition) is 0. The van der Waals surface area contributed by atoms with Crippen molar-refractivity contribution in [2.75, 3.05) is 0 Å². The summed E-state index contributed by atoms with van der Waals surface area (Å²) in [4.78, 5) is 8.52. The molecule has 0 N–H and O–H groups in total. The number of halogens is 7. The molecular weight excluding hydrogens is 774 g/mol. The van der Waals surface area contributed by atoms with Crippen molar-refractivity contribution in [2.24, 2.45) is 0 Å². The molecular formula is C35H19F7IrN2-2. The largest absolute Gasteiger partial charge is 0.409 e. The molecule has 1 radical (unpaired) electrons. The summed E-state index contributed by atoms with van der Waals surface area (Å²) in [5, 5.41) is 0.805. The quantitative estimate of drug-likeness (QED) is 0.129. The Morgan fingerprint density at radius 1 is 0.600 bits per heavy atom. The van der Waals surface area contributed by atoms with E-state index in [1.54, 1.807) is 36.5 Å². The van der Waals surface area contributed by atoms with Crippen molar-refractivity contribution >= 4 is 10.9 Å². The summed E-state index contributed by atoms with van der Waals surface area (Å²) >= 11 is 0. The van der Waals surface area contributed by atoms with Crippen LogP contribution in [0.4, 0.5) is 30.7 Å². The second-order valence-electron chi connectivity index (χ2n) is 9.99. The van der Waals surface area contributed by atoms with Gasteiger partial charge in [-0.2, -0.15) is 26.3 Å². The van der Waals surface area contributed by atoms with Gasteiger partial charge in [0.25, 0.3) is 0 Å². The Kier molecular flexibility index (Phi) is 8.66. The Morgan fingerprint density at radius 2 is 1.29 bits per heavy atom. The van der Waals surface area contributed by atoms with Crippen LogP contribution in [0.5, 0.6) is 0 Å². The first-order valence-corrected chi connectivity index (χ1v) is 13.2. The van der Waals surface area contributed by atoms with Crippen LogP contribution in [0.15, 0.2) is 115 Å². The van der Waals surface area contributed by atoms with Crippen molar-refractivity contribution in [3.8, 4) is 33.6 Å². The average Bonchev–Trinajstić information content (AvgIpc) is 3.33. The maximum absolute atomic E-state index is 14.3. The van der Waals surface area contributed by atoms with Gasteiger partial charge in [0, 0.05) is 32.1 Å². The van der Waals surface area contributed by atoms with Gasteiger partial charge >= 0.3 is 12.4 Å². The standard InChI is InChI=1S/C24H12F6N.C11H7FN.Ir/c25-23(26,27)22(24(28,29)30)18-7-3-2-6-16(18)17-11-9-15(13-19(17)22)21-12-10-14-5-1-4-8-20(14)31-21;12-10-6-4-9(5-7-10)11-3-1-2-8-13-11;/h1-8,10-13H;1-4,6-8H;/q2*-1;. The minimum atomic E-state index is -5.60. The van der Waals surface area contributed by atoms with Crippen LogP contribution >= 0.6 is 0 Å². The Labute approximate surface area is 267 Å². The molecule has 0 atom stereocenters. The minimum absolute atomic E-state index is 0. The molecule has 7 rings (SSSR count). The van der Waals surface area contributed by atoms with E-state index in [0.29, 0.717) is 5.52 Å². The SMILES string of the molecule is FC(F)(F)C1(C(F)(F)F)c2ccccc2-c2c[c-]c(-c3ccc4ccccc4n3)cc21.Fc1c[c-]c(-c2ccccn2)cc1.[Ir]. The molecule has 1 aliphatic carbocycles. The second kappa shape index (κ2) is 12.2. The maximum Gasteiger partial charge on any atom is 0.409 e. The molecule has 4 aromatic carbocycles. The first kappa shape index (κ1) is 32.0. The Balaban J connectivity index is 0.000000240. The van der Waals surface area contributed by atoms with E-state index in [1.807, 2.05) is 30.3 Å². The molecule has 0 unspecified atom stereocenters. The number of pyridine rings is 2. The van der Waals surface area contributed by atoms with Gasteiger partial charge in [0.1, 0.15) is 0 Å². The first-order chi connectivity index (χ1) is 21.0. The van der Waals surface area contributed by atoms with Gasteiger partial charge in [-0.1, -0.05) is 83.4 Å². The van der Waals surface area contributed by atoms with Gasteiger partial charge in [0.2, 0.25) is 0 Å². The van der Waals surface area contributed by atoms with Gasteiger partial charge in [-0.05, 0) is 34.5 Å². The van der Waals surface area contributed by atoms with Gasteiger partial charge in [-0.15, -0.1) is 53.6 Å². The van der Waals surface area contributed by atoms with Crippen molar-refractivity contribution in [3.63, 3.8) is 0 Å². The third-order valence-corrected chi connectivity index (χ3v) is 7.42. The Morgan fingerprint density at radius 3 is 1.98 bits per heavy atom. The zero-order valence-corrected chi connectivity index (χ0v) is 25.2. The van der Waals surface area contributed by atoms with E-state index in [0.717, 1.165) is 28.8 Å². The van der Waals surface area contributed by atoms with E-state index in [2.05, 4.69) is 22.1 Å². The number of para-hydroxylation sites is 1. The Bertz CT molecular complexity index is 1940. The van der Waals surface area contributed by atoms with E-state index < -0.39 is 28.9 Å². The number of fused-ring (bicyclic) bond motifs is 4. The van der Waals surface area contributed by atoms with E-state index >= 15 is 0 Å². The third-order valence-electron chi connectivity index (χ3n) is 7.42. The first-order valence-electron chi connectivity index (χ1n) is 13.2. The molecule has 0 spiro atoms. The zero-order chi connectivity index (χ0) is 31.1. The van der Waals surface area contributed by atoms with Crippen molar-refractivity contribution in [3.05, 3.63) is 144 Å². The van der Waals surface area contributed by atoms with Gasteiger partial charge in [-0.3, -0.25) is 9.37 Å². The molecule has 0 fully saturated rings. The average molecular weight is 793 g/mol. The van der Waals surface area contributed by atoms with Crippen molar-refractivity contribution in [1.29, 1.82) is 0 Å². The fraction of sp³-hybridized carbons (Fsp3) is 0.0857.